The molecule has 1 fully saturated rings. The summed E-state index contributed by atoms with van der Waals surface area (Å²) in [7, 11) is 0. The first-order valence-corrected chi connectivity index (χ1v) is 5.38. The lowest BCUT2D eigenvalue weighted by Crippen LogP contribution is -2.36. The van der Waals surface area contributed by atoms with E-state index in [-0.39, 0.29) is 5.12 Å². The van der Waals surface area contributed by atoms with Gasteiger partial charge < -0.3 is 9.64 Å². The maximum absolute atomic E-state index is 11.1. The number of carbonyl (C=O) groups is 1. The molecule has 0 radical (unpaired) electrons. The van der Waals surface area contributed by atoms with Gasteiger partial charge in [0.05, 0.1) is 13.2 Å². The second-order valence-corrected chi connectivity index (χ2v) is 3.86. The van der Waals surface area contributed by atoms with Gasteiger partial charge in [-0.3, -0.25) is 4.79 Å². The number of benzene rings is 1. The van der Waals surface area contributed by atoms with E-state index in [2.05, 4.69) is 17.5 Å². The molecule has 3 nitrogen and oxygen atoms in total. The van der Waals surface area contributed by atoms with E-state index >= 15 is 0 Å². The number of hydrogen-bond donors (Lipinski definition) is 1. The normalized spacial score (nSPS) is 16.5. The number of morpholine rings is 1. The Labute approximate surface area is 94.4 Å². The zero-order valence-corrected chi connectivity index (χ0v) is 9.24. The van der Waals surface area contributed by atoms with Crippen LogP contribution in [0.1, 0.15) is 10.4 Å². The fraction of sp³-hybridized carbons (Fsp3) is 0.364. The highest BCUT2D eigenvalue weighted by molar-refractivity contribution is 7.97. The van der Waals surface area contributed by atoms with Crippen LogP contribution < -0.4 is 4.90 Å². The molecular formula is C11H13NO2S. The zero-order valence-electron chi connectivity index (χ0n) is 8.35. The Morgan fingerprint density at radius 1 is 1.33 bits per heavy atom. The molecule has 0 aromatic heterocycles. The lowest BCUT2D eigenvalue weighted by Gasteiger charge is -2.29. The molecule has 0 aliphatic carbocycles. The predicted molar refractivity (Wildman–Crippen MR) is 62.8 cm³/mol. The van der Waals surface area contributed by atoms with E-state index in [1.54, 1.807) is 6.07 Å². The van der Waals surface area contributed by atoms with Crippen molar-refractivity contribution in [3.63, 3.8) is 0 Å². The Bertz CT molecular complexity index is 361. The number of nitrogens with zero attached hydrogens (tertiary/aromatic N) is 1. The van der Waals surface area contributed by atoms with Gasteiger partial charge in [0.1, 0.15) is 0 Å². The minimum atomic E-state index is -0.190. The molecule has 1 aliphatic heterocycles. The Balaban J connectivity index is 2.19. The van der Waals surface area contributed by atoms with Crippen molar-refractivity contribution < 1.29 is 9.53 Å². The maximum atomic E-state index is 11.1. The largest absolute Gasteiger partial charge is 0.378 e. The van der Waals surface area contributed by atoms with Crippen LogP contribution in [0.3, 0.4) is 0 Å². The van der Waals surface area contributed by atoms with Crippen LogP contribution in [0.25, 0.3) is 0 Å². The molecule has 80 valence electrons. The average molecular weight is 223 g/mol. The molecule has 1 saturated heterocycles. The smallest absolute Gasteiger partial charge is 0.216 e. The first kappa shape index (κ1) is 10.5. The summed E-state index contributed by atoms with van der Waals surface area (Å²) in [5, 5.41) is -0.190. The first-order valence-electron chi connectivity index (χ1n) is 4.93. The van der Waals surface area contributed by atoms with Crippen molar-refractivity contribution in [2.45, 2.75) is 0 Å². The van der Waals surface area contributed by atoms with E-state index in [0.29, 0.717) is 5.56 Å². The van der Waals surface area contributed by atoms with Gasteiger partial charge in [0.25, 0.3) is 0 Å². The van der Waals surface area contributed by atoms with E-state index in [1.807, 2.05) is 18.2 Å². The second-order valence-electron chi connectivity index (χ2n) is 3.45. The highest BCUT2D eigenvalue weighted by Gasteiger charge is 2.11. The number of ether oxygens (including phenoxy) is 1. The van der Waals surface area contributed by atoms with Crippen molar-refractivity contribution in [3.05, 3.63) is 29.8 Å². The lowest BCUT2D eigenvalue weighted by molar-refractivity contribution is 0.109. The van der Waals surface area contributed by atoms with Gasteiger partial charge in [-0.2, -0.15) is 0 Å². The fourth-order valence-electron chi connectivity index (χ4n) is 1.66. The first-order chi connectivity index (χ1) is 7.27. The van der Waals surface area contributed by atoms with Gasteiger partial charge in [0.15, 0.2) is 0 Å². The van der Waals surface area contributed by atoms with Gasteiger partial charge in [0.2, 0.25) is 5.12 Å². The van der Waals surface area contributed by atoms with Crippen LogP contribution in [0.4, 0.5) is 5.69 Å². The second kappa shape index (κ2) is 4.68. The van der Waals surface area contributed by atoms with Crippen LogP contribution in [0, 0.1) is 0 Å². The molecule has 0 amide bonds. The highest BCUT2D eigenvalue weighted by atomic mass is 32.1. The minimum Gasteiger partial charge on any atom is -0.378 e. The minimum absolute atomic E-state index is 0.190. The standard InChI is InChI=1S/C11H13NO2S/c13-11(15)9-2-1-3-10(8-9)12-4-6-14-7-5-12/h1-3,8H,4-7H2,(H,13,15). The predicted octanol–water partition coefficient (Wildman–Crippen LogP) is 1.59. The summed E-state index contributed by atoms with van der Waals surface area (Å²) in [4.78, 5) is 13.3. The third kappa shape index (κ3) is 2.52. The van der Waals surface area contributed by atoms with Crippen LogP contribution in [-0.2, 0) is 4.74 Å². The van der Waals surface area contributed by atoms with Gasteiger partial charge in [0, 0.05) is 24.3 Å². The Morgan fingerprint density at radius 2 is 2.07 bits per heavy atom. The summed E-state index contributed by atoms with van der Waals surface area (Å²) < 4.78 is 5.28. The van der Waals surface area contributed by atoms with Gasteiger partial charge in [-0.1, -0.05) is 12.1 Å². The lowest BCUT2D eigenvalue weighted by atomic mass is 10.2. The zero-order chi connectivity index (χ0) is 10.7. The highest BCUT2D eigenvalue weighted by Crippen LogP contribution is 2.18. The van der Waals surface area contributed by atoms with Crippen LogP contribution in [-0.4, -0.2) is 31.4 Å². The molecule has 0 N–H and O–H groups in total. The molecule has 4 heteroatoms. The molecule has 0 spiro atoms. The van der Waals surface area contributed by atoms with Gasteiger partial charge >= 0.3 is 0 Å². The van der Waals surface area contributed by atoms with E-state index in [0.717, 1.165) is 32.0 Å². The molecule has 15 heavy (non-hydrogen) atoms. The van der Waals surface area contributed by atoms with Crippen LogP contribution in [0.15, 0.2) is 24.3 Å². The van der Waals surface area contributed by atoms with Crippen molar-refractivity contribution >= 4 is 23.4 Å². The summed E-state index contributed by atoms with van der Waals surface area (Å²) in [5.74, 6) is 0. The molecular weight excluding hydrogens is 210 g/mol. The Kier molecular flexibility index (Phi) is 3.28. The summed E-state index contributed by atoms with van der Waals surface area (Å²) in [6.45, 7) is 3.26. The van der Waals surface area contributed by atoms with Gasteiger partial charge in [-0.15, -0.1) is 12.6 Å². The molecule has 1 aromatic carbocycles. The van der Waals surface area contributed by atoms with Gasteiger partial charge in [-0.25, -0.2) is 0 Å². The number of rotatable bonds is 2. The fourth-order valence-corrected chi connectivity index (χ4v) is 1.80. The molecule has 0 bridgehead atoms. The Morgan fingerprint density at radius 3 is 2.73 bits per heavy atom. The summed E-state index contributed by atoms with van der Waals surface area (Å²) >= 11 is 3.82. The molecule has 0 unspecified atom stereocenters. The molecule has 1 heterocycles. The Hall–Kier alpha value is -1.00. The van der Waals surface area contributed by atoms with Gasteiger partial charge in [-0.05, 0) is 12.1 Å². The SMILES string of the molecule is O=C(S)c1cccc(N2CCOCC2)c1. The van der Waals surface area contributed by atoms with Crippen molar-refractivity contribution in [3.8, 4) is 0 Å². The number of anilines is 1. The third-order valence-electron chi connectivity index (χ3n) is 2.47. The quantitative estimate of drug-likeness (QED) is 0.772. The average Bonchev–Trinajstić information content (AvgIpc) is 2.30. The molecule has 0 atom stereocenters. The van der Waals surface area contributed by atoms with Crippen molar-refractivity contribution in [1.82, 2.24) is 0 Å². The van der Waals surface area contributed by atoms with Crippen LogP contribution >= 0.6 is 12.6 Å². The summed E-state index contributed by atoms with van der Waals surface area (Å²) in [5.41, 5.74) is 1.71. The van der Waals surface area contributed by atoms with E-state index in [4.69, 9.17) is 4.74 Å². The number of carbonyl (C=O) groups excluding carboxylic acids is 1. The van der Waals surface area contributed by atoms with E-state index in [9.17, 15) is 4.79 Å². The number of thiol groups is 1. The molecule has 1 aliphatic rings. The summed E-state index contributed by atoms with van der Waals surface area (Å²) in [6, 6.07) is 7.54. The monoisotopic (exact) mass is 223 g/mol. The van der Waals surface area contributed by atoms with Crippen molar-refractivity contribution in [2.75, 3.05) is 31.2 Å². The third-order valence-corrected chi connectivity index (χ3v) is 2.73. The van der Waals surface area contributed by atoms with Crippen LogP contribution in [0.5, 0.6) is 0 Å². The van der Waals surface area contributed by atoms with Crippen molar-refractivity contribution in [1.29, 1.82) is 0 Å². The van der Waals surface area contributed by atoms with E-state index in [1.165, 1.54) is 0 Å². The van der Waals surface area contributed by atoms with E-state index < -0.39 is 0 Å². The summed E-state index contributed by atoms with van der Waals surface area (Å²) in [6.07, 6.45) is 0. The topological polar surface area (TPSA) is 29.5 Å². The molecule has 2 rings (SSSR count). The number of hydrogen-bond acceptors (Lipinski definition) is 3. The van der Waals surface area contributed by atoms with Crippen molar-refractivity contribution in [2.24, 2.45) is 0 Å². The van der Waals surface area contributed by atoms with Crippen LogP contribution in [0.2, 0.25) is 0 Å². The molecule has 0 saturated carbocycles. The maximum Gasteiger partial charge on any atom is 0.216 e. The molecule has 1 aromatic rings.